The summed E-state index contributed by atoms with van der Waals surface area (Å²) in [4.78, 5) is 0. The topological polar surface area (TPSA) is 90.5 Å². The number of aryl methyl sites for hydroxylation is 2. The number of nitriles is 1. The molecule has 1 heterocycles. The van der Waals surface area contributed by atoms with Gasteiger partial charge in [-0.05, 0) is 43.5 Å². The van der Waals surface area contributed by atoms with Gasteiger partial charge in [0, 0.05) is 17.9 Å². The molecule has 0 atom stereocenters. The number of hydrogen-bond acceptors (Lipinski definition) is 4. The summed E-state index contributed by atoms with van der Waals surface area (Å²) in [6.07, 6.45) is 3.81. The summed E-state index contributed by atoms with van der Waals surface area (Å²) in [5.41, 5.74) is 10.0. The minimum Gasteiger partial charge on any atom is -0.399 e. The zero-order valence-electron chi connectivity index (χ0n) is 10.9. The minimum atomic E-state index is 0.583. The lowest BCUT2D eigenvalue weighted by atomic mass is 10.1. The molecule has 0 amide bonds. The van der Waals surface area contributed by atoms with Crippen molar-refractivity contribution in [2.45, 2.75) is 19.8 Å². The van der Waals surface area contributed by atoms with Gasteiger partial charge in [0.05, 0.1) is 17.4 Å². The number of aromatic nitrogens is 2. The number of hydrogen-bond donors (Lipinski definition) is 3. The van der Waals surface area contributed by atoms with Crippen molar-refractivity contribution in [1.82, 2.24) is 10.2 Å². The number of nitrogen functional groups attached to an aromatic ring is 1. The normalized spacial score (nSPS) is 10.1. The first-order valence-corrected chi connectivity index (χ1v) is 6.23. The number of nitrogens with two attached hydrogens (primary N) is 1. The molecule has 19 heavy (non-hydrogen) atoms. The van der Waals surface area contributed by atoms with Gasteiger partial charge in [0.15, 0.2) is 0 Å². The SMILES string of the molecule is Cc1[nH]ncc1CCCNc1ccc(N)cc1C#N. The van der Waals surface area contributed by atoms with Gasteiger partial charge in [-0.25, -0.2) is 0 Å². The highest BCUT2D eigenvalue weighted by Gasteiger charge is 2.03. The first-order valence-electron chi connectivity index (χ1n) is 6.23. The maximum atomic E-state index is 9.03. The predicted molar refractivity (Wildman–Crippen MR) is 75.7 cm³/mol. The Morgan fingerprint density at radius 2 is 2.32 bits per heavy atom. The van der Waals surface area contributed by atoms with E-state index in [0.29, 0.717) is 11.3 Å². The lowest BCUT2D eigenvalue weighted by molar-refractivity contribution is 0.857. The summed E-state index contributed by atoms with van der Waals surface area (Å²) >= 11 is 0. The van der Waals surface area contributed by atoms with Crippen molar-refractivity contribution in [2.24, 2.45) is 0 Å². The highest BCUT2D eigenvalue weighted by atomic mass is 15.1. The average Bonchev–Trinajstić information content (AvgIpc) is 2.81. The largest absolute Gasteiger partial charge is 0.399 e. The second-order valence-corrected chi connectivity index (χ2v) is 4.47. The van der Waals surface area contributed by atoms with Gasteiger partial charge in [-0.1, -0.05) is 0 Å². The van der Waals surface area contributed by atoms with Crippen molar-refractivity contribution in [3.8, 4) is 6.07 Å². The van der Waals surface area contributed by atoms with Crippen LogP contribution in [0.2, 0.25) is 0 Å². The summed E-state index contributed by atoms with van der Waals surface area (Å²) in [7, 11) is 0. The van der Waals surface area contributed by atoms with Crippen LogP contribution in [0.4, 0.5) is 11.4 Å². The lowest BCUT2D eigenvalue weighted by Gasteiger charge is -2.08. The first-order chi connectivity index (χ1) is 9.20. The Kier molecular flexibility index (Phi) is 4.04. The third-order valence-electron chi connectivity index (χ3n) is 3.04. The Hall–Kier alpha value is -2.48. The molecule has 5 nitrogen and oxygen atoms in total. The van der Waals surface area contributed by atoms with Crippen LogP contribution in [-0.2, 0) is 6.42 Å². The number of aromatic amines is 1. The van der Waals surface area contributed by atoms with Crippen LogP contribution in [0.3, 0.4) is 0 Å². The number of H-pyrrole nitrogens is 1. The van der Waals surface area contributed by atoms with Crippen molar-refractivity contribution in [1.29, 1.82) is 5.26 Å². The zero-order chi connectivity index (χ0) is 13.7. The summed E-state index contributed by atoms with van der Waals surface area (Å²) in [5.74, 6) is 0. The van der Waals surface area contributed by atoms with E-state index >= 15 is 0 Å². The fraction of sp³-hybridized carbons (Fsp3) is 0.286. The molecular formula is C14H17N5. The molecule has 2 aromatic rings. The predicted octanol–water partition coefficient (Wildman–Crippen LogP) is 2.22. The van der Waals surface area contributed by atoms with Crippen molar-refractivity contribution in [2.75, 3.05) is 17.6 Å². The Balaban J connectivity index is 1.86. The van der Waals surface area contributed by atoms with Crippen molar-refractivity contribution in [3.63, 3.8) is 0 Å². The number of anilines is 2. The fourth-order valence-electron chi connectivity index (χ4n) is 1.94. The second kappa shape index (κ2) is 5.91. The third-order valence-corrected chi connectivity index (χ3v) is 3.04. The molecule has 0 aliphatic rings. The van der Waals surface area contributed by atoms with E-state index in [1.54, 1.807) is 12.1 Å². The second-order valence-electron chi connectivity index (χ2n) is 4.47. The van der Waals surface area contributed by atoms with Gasteiger partial charge in [-0.3, -0.25) is 5.10 Å². The Morgan fingerprint density at radius 3 is 3.00 bits per heavy atom. The van der Waals surface area contributed by atoms with Gasteiger partial charge < -0.3 is 11.1 Å². The number of nitrogens with one attached hydrogen (secondary N) is 2. The van der Waals surface area contributed by atoms with Gasteiger partial charge in [0.2, 0.25) is 0 Å². The van der Waals surface area contributed by atoms with Crippen molar-refractivity contribution < 1.29 is 0 Å². The molecule has 5 heteroatoms. The number of rotatable bonds is 5. The molecule has 1 aromatic carbocycles. The molecule has 0 unspecified atom stereocenters. The first kappa shape index (κ1) is 13.0. The van der Waals surface area contributed by atoms with E-state index in [9.17, 15) is 0 Å². The highest BCUT2D eigenvalue weighted by Crippen LogP contribution is 2.18. The van der Waals surface area contributed by atoms with Crippen LogP contribution in [0.1, 0.15) is 23.2 Å². The Labute approximate surface area is 112 Å². The van der Waals surface area contributed by atoms with E-state index in [2.05, 4.69) is 21.6 Å². The van der Waals surface area contributed by atoms with Crippen LogP contribution in [0.15, 0.2) is 24.4 Å². The molecule has 0 radical (unpaired) electrons. The van der Waals surface area contributed by atoms with E-state index < -0.39 is 0 Å². The Morgan fingerprint density at radius 1 is 1.47 bits per heavy atom. The van der Waals surface area contributed by atoms with Crippen LogP contribution in [0.5, 0.6) is 0 Å². The van der Waals surface area contributed by atoms with Crippen LogP contribution in [0, 0.1) is 18.3 Å². The van der Waals surface area contributed by atoms with Gasteiger partial charge in [0.1, 0.15) is 6.07 Å². The van der Waals surface area contributed by atoms with E-state index in [4.69, 9.17) is 11.0 Å². The quantitative estimate of drug-likeness (QED) is 0.564. The molecule has 0 saturated carbocycles. The molecule has 4 N–H and O–H groups in total. The van der Waals surface area contributed by atoms with E-state index in [-0.39, 0.29) is 0 Å². The summed E-state index contributed by atoms with van der Waals surface area (Å²) in [6, 6.07) is 7.46. The third kappa shape index (κ3) is 3.26. The standard InChI is InChI=1S/C14H17N5/c1-10-11(9-18-19-10)3-2-6-17-14-5-4-13(16)7-12(14)8-15/h4-5,7,9,17H,2-3,6,16H2,1H3,(H,18,19). The van der Waals surface area contributed by atoms with E-state index in [1.165, 1.54) is 5.56 Å². The molecule has 1 aromatic heterocycles. The Bertz CT molecular complexity index is 594. The molecule has 0 bridgehead atoms. The van der Waals surface area contributed by atoms with Crippen LogP contribution < -0.4 is 11.1 Å². The molecule has 98 valence electrons. The molecule has 2 rings (SSSR count). The number of nitrogens with zero attached hydrogens (tertiary/aromatic N) is 2. The fourth-order valence-corrected chi connectivity index (χ4v) is 1.94. The summed E-state index contributed by atoms with van der Waals surface area (Å²) < 4.78 is 0. The monoisotopic (exact) mass is 255 g/mol. The van der Waals surface area contributed by atoms with Crippen LogP contribution in [0.25, 0.3) is 0 Å². The lowest BCUT2D eigenvalue weighted by Crippen LogP contribution is -2.05. The summed E-state index contributed by atoms with van der Waals surface area (Å²) in [5, 5.41) is 19.2. The zero-order valence-corrected chi connectivity index (χ0v) is 10.9. The van der Waals surface area contributed by atoms with Crippen LogP contribution in [-0.4, -0.2) is 16.7 Å². The number of benzene rings is 1. The van der Waals surface area contributed by atoms with Crippen molar-refractivity contribution >= 4 is 11.4 Å². The molecule has 0 spiro atoms. The average molecular weight is 255 g/mol. The van der Waals surface area contributed by atoms with E-state index in [0.717, 1.165) is 30.8 Å². The van der Waals surface area contributed by atoms with Gasteiger partial charge in [0.25, 0.3) is 0 Å². The van der Waals surface area contributed by atoms with Crippen molar-refractivity contribution in [3.05, 3.63) is 41.2 Å². The van der Waals surface area contributed by atoms with Gasteiger partial charge in [-0.15, -0.1) is 0 Å². The molecular weight excluding hydrogens is 238 g/mol. The molecule has 0 aliphatic heterocycles. The summed E-state index contributed by atoms with van der Waals surface area (Å²) in [6.45, 7) is 2.83. The molecule has 0 fully saturated rings. The van der Waals surface area contributed by atoms with E-state index in [1.807, 2.05) is 19.2 Å². The van der Waals surface area contributed by atoms with Crippen LogP contribution >= 0.6 is 0 Å². The highest BCUT2D eigenvalue weighted by molar-refractivity contribution is 5.62. The van der Waals surface area contributed by atoms with Gasteiger partial charge >= 0.3 is 0 Å². The maximum absolute atomic E-state index is 9.03. The smallest absolute Gasteiger partial charge is 0.101 e. The molecule has 0 aliphatic carbocycles. The van der Waals surface area contributed by atoms with Gasteiger partial charge in [-0.2, -0.15) is 10.4 Å². The molecule has 0 saturated heterocycles. The minimum absolute atomic E-state index is 0.583. The maximum Gasteiger partial charge on any atom is 0.101 e.